The molecule has 3 heterocycles. The second kappa shape index (κ2) is 8.51. The molecule has 1 aliphatic rings. The van der Waals surface area contributed by atoms with Crippen molar-refractivity contribution < 1.29 is 13.9 Å². The van der Waals surface area contributed by atoms with Crippen LogP contribution in [0.5, 0.6) is 0 Å². The lowest BCUT2D eigenvalue weighted by atomic mass is 10.0. The van der Waals surface area contributed by atoms with Gasteiger partial charge in [0.05, 0.1) is 28.7 Å². The fourth-order valence-electron chi connectivity index (χ4n) is 3.33. The number of benzene rings is 1. The van der Waals surface area contributed by atoms with Crippen molar-refractivity contribution in [2.45, 2.75) is 19.9 Å². The normalized spacial score (nSPS) is 16.6. The zero-order chi connectivity index (χ0) is 21.1. The fourth-order valence-corrected chi connectivity index (χ4v) is 4.33. The van der Waals surface area contributed by atoms with Gasteiger partial charge in [-0.25, -0.2) is 9.79 Å². The lowest BCUT2D eigenvalue weighted by Gasteiger charge is -2.22. The van der Waals surface area contributed by atoms with E-state index in [1.54, 1.807) is 32.1 Å². The highest BCUT2D eigenvalue weighted by Crippen LogP contribution is 2.30. The van der Waals surface area contributed by atoms with Crippen LogP contribution in [-0.4, -0.2) is 17.1 Å². The number of hydrogen-bond acceptors (Lipinski definition) is 6. The third kappa shape index (κ3) is 3.71. The van der Waals surface area contributed by atoms with Gasteiger partial charge in [0, 0.05) is 0 Å². The molecule has 1 atom stereocenters. The standard InChI is InChI=1S/C23H20N2O4S/c1-3-28-22(27)19-15(2)24-23-25(20(19)17-12-8-14-29-17)21(26)18(30-23)13-7-11-16-9-5-4-6-10-16/h4-14,20H,3H2,1-2H3. The number of thiazole rings is 1. The molecule has 0 saturated heterocycles. The van der Waals surface area contributed by atoms with Gasteiger partial charge >= 0.3 is 5.97 Å². The monoisotopic (exact) mass is 420 g/mol. The summed E-state index contributed by atoms with van der Waals surface area (Å²) in [5.41, 5.74) is 1.63. The molecule has 6 nitrogen and oxygen atoms in total. The molecule has 0 N–H and O–H groups in total. The molecule has 7 heteroatoms. The summed E-state index contributed by atoms with van der Waals surface area (Å²) < 4.78 is 12.8. The number of fused-ring (bicyclic) bond motifs is 1. The quantitative estimate of drug-likeness (QED) is 0.595. The molecule has 0 spiro atoms. The van der Waals surface area contributed by atoms with Gasteiger partial charge in [0.15, 0.2) is 4.80 Å². The van der Waals surface area contributed by atoms with Crippen LogP contribution in [0.25, 0.3) is 12.2 Å². The van der Waals surface area contributed by atoms with Gasteiger partial charge < -0.3 is 9.15 Å². The number of allylic oxidation sites excluding steroid dienone is 2. The summed E-state index contributed by atoms with van der Waals surface area (Å²) in [5.74, 6) is -0.0155. The summed E-state index contributed by atoms with van der Waals surface area (Å²) >= 11 is 1.28. The molecule has 152 valence electrons. The molecule has 0 saturated carbocycles. The molecule has 1 aromatic carbocycles. The molecule has 0 amide bonds. The Morgan fingerprint density at radius 1 is 1.27 bits per heavy atom. The molecule has 0 bridgehead atoms. The highest BCUT2D eigenvalue weighted by molar-refractivity contribution is 7.07. The van der Waals surface area contributed by atoms with Crippen LogP contribution in [-0.2, 0) is 9.53 Å². The van der Waals surface area contributed by atoms with Crippen molar-refractivity contribution in [3.05, 3.63) is 97.1 Å². The summed E-state index contributed by atoms with van der Waals surface area (Å²) in [7, 11) is 0. The maximum Gasteiger partial charge on any atom is 0.338 e. The molecular weight excluding hydrogens is 400 g/mol. The Labute approximate surface area is 176 Å². The zero-order valence-corrected chi connectivity index (χ0v) is 17.4. The van der Waals surface area contributed by atoms with Crippen LogP contribution < -0.4 is 14.9 Å². The van der Waals surface area contributed by atoms with Crippen LogP contribution in [0.3, 0.4) is 0 Å². The molecule has 1 unspecified atom stereocenters. The SMILES string of the molecule is CCOC(=O)C1=C(C)N=c2sc(=CC=Cc3ccccc3)c(=O)n2C1c1ccco1. The predicted octanol–water partition coefficient (Wildman–Crippen LogP) is 3.06. The first kappa shape index (κ1) is 19.8. The van der Waals surface area contributed by atoms with Crippen molar-refractivity contribution in [2.75, 3.05) is 6.61 Å². The van der Waals surface area contributed by atoms with Gasteiger partial charge in [-0.15, -0.1) is 0 Å². The predicted molar refractivity (Wildman–Crippen MR) is 115 cm³/mol. The molecule has 1 aliphatic heterocycles. The Hall–Kier alpha value is -3.45. The van der Waals surface area contributed by atoms with E-state index in [0.717, 1.165) is 5.56 Å². The van der Waals surface area contributed by atoms with Crippen molar-refractivity contribution in [1.29, 1.82) is 0 Å². The number of aromatic nitrogens is 1. The lowest BCUT2D eigenvalue weighted by Crippen LogP contribution is -2.39. The fraction of sp³-hybridized carbons (Fsp3) is 0.174. The van der Waals surface area contributed by atoms with Gasteiger partial charge in [-0.05, 0) is 37.6 Å². The molecule has 0 aliphatic carbocycles. The minimum Gasteiger partial charge on any atom is -0.467 e. The van der Waals surface area contributed by atoms with Crippen LogP contribution in [0.2, 0.25) is 0 Å². The number of ether oxygens (including phenoxy) is 1. The van der Waals surface area contributed by atoms with Crippen molar-refractivity contribution in [2.24, 2.45) is 4.99 Å². The summed E-state index contributed by atoms with van der Waals surface area (Å²) in [5, 5.41) is 0. The van der Waals surface area contributed by atoms with Crippen molar-refractivity contribution >= 4 is 29.5 Å². The van der Waals surface area contributed by atoms with Crippen LogP contribution in [0.15, 0.2) is 80.3 Å². The largest absolute Gasteiger partial charge is 0.467 e. The highest BCUT2D eigenvalue weighted by atomic mass is 32.1. The number of nitrogens with zero attached hydrogens (tertiary/aromatic N) is 2. The maximum atomic E-state index is 13.2. The van der Waals surface area contributed by atoms with Gasteiger partial charge in [0.1, 0.15) is 11.8 Å². The van der Waals surface area contributed by atoms with Crippen LogP contribution in [0.4, 0.5) is 0 Å². The van der Waals surface area contributed by atoms with Crippen molar-refractivity contribution in [3.63, 3.8) is 0 Å². The number of carbonyl (C=O) groups excluding carboxylic acids is 1. The summed E-state index contributed by atoms with van der Waals surface area (Å²) in [4.78, 5) is 30.9. The number of hydrogen-bond donors (Lipinski definition) is 0. The first-order valence-corrected chi connectivity index (χ1v) is 10.4. The minimum atomic E-state index is -0.712. The van der Waals surface area contributed by atoms with Crippen LogP contribution in [0, 0.1) is 0 Å². The van der Waals surface area contributed by atoms with E-state index in [9.17, 15) is 9.59 Å². The minimum absolute atomic E-state index is 0.229. The maximum absolute atomic E-state index is 13.2. The summed E-state index contributed by atoms with van der Waals surface area (Å²) in [6.07, 6.45) is 7.05. The Kier molecular flexibility index (Phi) is 5.63. The number of furan rings is 1. The third-order valence-corrected chi connectivity index (χ3v) is 5.67. The van der Waals surface area contributed by atoms with E-state index in [2.05, 4.69) is 4.99 Å². The average Bonchev–Trinajstić information content (AvgIpc) is 3.37. The lowest BCUT2D eigenvalue weighted by molar-refractivity contribution is -0.139. The highest BCUT2D eigenvalue weighted by Gasteiger charge is 2.34. The molecule has 0 fully saturated rings. The molecule has 3 aromatic rings. The first-order chi connectivity index (χ1) is 14.6. The van der Waals surface area contributed by atoms with Gasteiger partial charge in [0.2, 0.25) is 0 Å². The first-order valence-electron chi connectivity index (χ1n) is 9.55. The van der Waals surface area contributed by atoms with Gasteiger partial charge in [-0.2, -0.15) is 0 Å². The van der Waals surface area contributed by atoms with Gasteiger partial charge in [-0.3, -0.25) is 9.36 Å². The molecule has 4 rings (SSSR count). The van der Waals surface area contributed by atoms with Gasteiger partial charge in [-0.1, -0.05) is 53.8 Å². The topological polar surface area (TPSA) is 73.8 Å². The molecule has 0 radical (unpaired) electrons. The van der Waals surface area contributed by atoms with E-state index in [0.29, 0.717) is 26.4 Å². The Morgan fingerprint density at radius 2 is 2.07 bits per heavy atom. The van der Waals surface area contributed by atoms with E-state index in [4.69, 9.17) is 9.15 Å². The molecule has 30 heavy (non-hydrogen) atoms. The Morgan fingerprint density at radius 3 is 2.77 bits per heavy atom. The zero-order valence-electron chi connectivity index (χ0n) is 16.6. The van der Waals surface area contributed by atoms with E-state index in [-0.39, 0.29) is 12.2 Å². The van der Waals surface area contributed by atoms with E-state index < -0.39 is 12.0 Å². The Bertz CT molecular complexity index is 1300. The van der Waals surface area contributed by atoms with Crippen molar-refractivity contribution in [3.8, 4) is 0 Å². The molecule has 2 aromatic heterocycles. The molecular formula is C23H20N2O4S. The number of rotatable bonds is 5. The van der Waals surface area contributed by atoms with E-state index >= 15 is 0 Å². The smallest absolute Gasteiger partial charge is 0.338 e. The average molecular weight is 420 g/mol. The third-order valence-electron chi connectivity index (χ3n) is 4.67. The van der Waals surface area contributed by atoms with E-state index in [1.165, 1.54) is 22.2 Å². The van der Waals surface area contributed by atoms with Crippen LogP contribution in [0.1, 0.15) is 31.2 Å². The second-order valence-corrected chi connectivity index (χ2v) is 7.62. The van der Waals surface area contributed by atoms with E-state index in [1.807, 2.05) is 42.5 Å². The van der Waals surface area contributed by atoms with Gasteiger partial charge in [0.25, 0.3) is 5.56 Å². The van der Waals surface area contributed by atoms with Crippen LogP contribution >= 0.6 is 11.3 Å². The Balaban J connectivity index is 1.83. The number of esters is 1. The summed E-state index contributed by atoms with van der Waals surface area (Å²) in [6.45, 7) is 3.72. The summed E-state index contributed by atoms with van der Waals surface area (Å²) in [6, 6.07) is 12.6. The number of carbonyl (C=O) groups is 1. The second-order valence-electron chi connectivity index (χ2n) is 6.61. The van der Waals surface area contributed by atoms with Crippen molar-refractivity contribution in [1.82, 2.24) is 4.57 Å².